The molecule has 2 aromatic carbocycles. The maximum absolute atomic E-state index is 12.2. The first kappa shape index (κ1) is 21.3. The number of benzene rings is 2. The second kappa shape index (κ2) is 9.67. The van der Waals surface area contributed by atoms with Crippen LogP contribution in [0, 0.1) is 0 Å². The molecule has 2 amide bonds. The average molecular weight is 360 g/mol. The number of nitrogens with one attached hydrogen (secondary N) is 2. The Kier molecular flexibility index (Phi) is 7.92. The van der Waals surface area contributed by atoms with Crippen molar-refractivity contribution < 1.29 is 25.0 Å². The lowest BCUT2D eigenvalue weighted by molar-refractivity contribution is -0.133. The summed E-state index contributed by atoms with van der Waals surface area (Å²) < 4.78 is 0. The summed E-state index contributed by atoms with van der Waals surface area (Å²) in [6, 6.07) is 12.8. The molecule has 5 N–H and O–H groups in total. The summed E-state index contributed by atoms with van der Waals surface area (Å²) in [7, 11) is 0. The van der Waals surface area contributed by atoms with Gasteiger partial charge >= 0.3 is 0 Å². The van der Waals surface area contributed by atoms with E-state index < -0.39 is 24.0 Å². The molecule has 7 nitrogen and oxygen atoms in total. The van der Waals surface area contributed by atoms with Crippen molar-refractivity contribution in [3.05, 3.63) is 59.7 Å². The van der Waals surface area contributed by atoms with Crippen LogP contribution in [-0.4, -0.2) is 39.4 Å². The van der Waals surface area contributed by atoms with Crippen molar-refractivity contribution in [3.63, 3.8) is 0 Å². The van der Waals surface area contributed by atoms with E-state index in [9.17, 15) is 14.7 Å². The Hall–Kier alpha value is -2.74. The Morgan fingerprint density at radius 1 is 1.00 bits per heavy atom. The van der Waals surface area contributed by atoms with Crippen molar-refractivity contribution >= 4 is 11.8 Å². The number of hydrogen-bond donors (Lipinski definition) is 5. The molecule has 2 rings (SSSR count). The van der Waals surface area contributed by atoms with Gasteiger partial charge in [0, 0.05) is 5.56 Å². The second-order valence-electron chi connectivity index (χ2n) is 5.60. The van der Waals surface area contributed by atoms with E-state index in [-0.39, 0.29) is 14.0 Å². The highest BCUT2D eigenvalue weighted by atomic mass is 16.5. The van der Waals surface area contributed by atoms with Crippen molar-refractivity contribution in [3.8, 4) is 11.1 Å². The van der Waals surface area contributed by atoms with Crippen LogP contribution in [0.4, 0.5) is 0 Å². The minimum Gasteiger partial charge on any atom is -0.392 e. The molecule has 140 valence electrons. The molecule has 0 heterocycles. The van der Waals surface area contributed by atoms with E-state index in [0.29, 0.717) is 5.56 Å². The Morgan fingerprint density at radius 2 is 1.50 bits per heavy atom. The smallest absolute Gasteiger partial charge is 0.268 e. The van der Waals surface area contributed by atoms with Crippen molar-refractivity contribution in [2.45, 2.75) is 33.1 Å². The zero-order chi connectivity index (χ0) is 18.4. The maximum Gasteiger partial charge on any atom is 0.268 e. The Bertz CT molecular complexity index is 727. The summed E-state index contributed by atoms with van der Waals surface area (Å²) in [6.45, 7) is 1.31. The number of rotatable bonds is 6. The van der Waals surface area contributed by atoms with Crippen LogP contribution in [0.5, 0.6) is 0 Å². The van der Waals surface area contributed by atoms with Crippen LogP contribution in [0.2, 0.25) is 0 Å². The highest BCUT2D eigenvalue weighted by molar-refractivity contribution is 5.97. The molecule has 0 aliphatic carbocycles. The fourth-order valence-corrected chi connectivity index (χ4v) is 2.32. The third-order valence-electron chi connectivity index (χ3n) is 3.78. The summed E-state index contributed by atoms with van der Waals surface area (Å²) in [6.07, 6.45) is -1.17. The van der Waals surface area contributed by atoms with E-state index in [1.807, 2.05) is 24.3 Å². The minimum absolute atomic E-state index is 0. The SMILES string of the molecule is C.C[C@@H](O)[C@H](NC(=O)c1ccc(-c2ccc(CO)cc2)cc1)C(=O)NO. The molecule has 0 fully saturated rings. The molecule has 0 saturated carbocycles. The number of amides is 2. The highest BCUT2D eigenvalue weighted by Crippen LogP contribution is 2.20. The van der Waals surface area contributed by atoms with Crippen molar-refractivity contribution in [2.75, 3.05) is 0 Å². The van der Waals surface area contributed by atoms with Gasteiger partial charge in [0.25, 0.3) is 11.8 Å². The van der Waals surface area contributed by atoms with E-state index in [2.05, 4.69) is 5.32 Å². The Morgan fingerprint density at radius 3 is 1.92 bits per heavy atom. The normalized spacial score (nSPS) is 12.5. The molecule has 0 aromatic heterocycles. The molecule has 2 atom stereocenters. The predicted octanol–water partition coefficient (Wildman–Crippen LogP) is 1.47. The zero-order valence-corrected chi connectivity index (χ0v) is 13.6. The molecule has 0 radical (unpaired) electrons. The number of carbonyl (C=O) groups excluding carboxylic acids is 2. The standard InChI is InChI=1S/C18H20N2O5.CH4/c1-11(22)16(18(24)20-25)19-17(23)15-8-6-14(7-9-15)13-4-2-12(10-21)3-5-13;/h2-9,11,16,21-22,25H,10H2,1H3,(H,19,23)(H,20,24);1H4/t11-,16+;/m1./s1. The highest BCUT2D eigenvalue weighted by Gasteiger charge is 2.25. The molecule has 0 unspecified atom stereocenters. The maximum atomic E-state index is 12.2. The Balaban J connectivity index is 0.00000338. The number of aliphatic hydroxyl groups is 2. The first-order chi connectivity index (χ1) is 12.0. The first-order valence-corrected chi connectivity index (χ1v) is 7.69. The van der Waals surface area contributed by atoms with Crippen LogP contribution in [0.25, 0.3) is 11.1 Å². The summed E-state index contributed by atoms with van der Waals surface area (Å²) in [5, 5.41) is 29.6. The van der Waals surface area contributed by atoms with E-state index in [1.54, 1.807) is 24.3 Å². The molecule has 0 aliphatic heterocycles. The van der Waals surface area contributed by atoms with Crippen LogP contribution >= 0.6 is 0 Å². The van der Waals surface area contributed by atoms with Crippen molar-refractivity contribution in [1.82, 2.24) is 10.8 Å². The summed E-state index contributed by atoms with van der Waals surface area (Å²) >= 11 is 0. The largest absolute Gasteiger partial charge is 0.392 e. The zero-order valence-electron chi connectivity index (χ0n) is 13.6. The van der Waals surface area contributed by atoms with Crippen molar-refractivity contribution in [1.29, 1.82) is 0 Å². The van der Waals surface area contributed by atoms with E-state index >= 15 is 0 Å². The van der Waals surface area contributed by atoms with Gasteiger partial charge in [0.2, 0.25) is 0 Å². The number of hydrogen-bond acceptors (Lipinski definition) is 5. The monoisotopic (exact) mass is 360 g/mol. The molecule has 0 spiro atoms. The molecule has 2 aromatic rings. The summed E-state index contributed by atoms with van der Waals surface area (Å²) in [5.74, 6) is -1.44. The number of carbonyl (C=O) groups is 2. The van der Waals surface area contributed by atoms with Crippen LogP contribution in [0.15, 0.2) is 48.5 Å². The molecule has 0 saturated heterocycles. The second-order valence-corrected chi connectivity index (χ2v) is 5.60. The summed E-state index contributed by atoms with van der Waals surface area (Å²) in [4.78, 5) is 23.7. The Labute approximate surface area is 152 Å². The number of hydroxylamine groups is 1. The first-order valence-electron chi connectivity index (χ1n) is 7.69. The molecule has 0 aliphatic rings. The topological polar surface area (TPSA) is 119 Å². The van der Waals surface area contributed by atoms with E-state index in [1.165, 1.54) is 12.4 Å². The third kappa shape index (κ3) is 5.13. The molecular weight excluding hydrogens is 336 g/mol. The fourth-order valence-electron chi connectivity index (χ4n) is 2.32. The van der Waals surface area contributed by atoms with E-state index in [4.69, 9.17) is 10.3 Å². The van der Waals surface area contributed by atoms with Gasteiger partial charge in [-0.2, -0.15) is 0 Å². The lowest BCUT2D eigenvalue weighted by Crippen LogP contribution is -2.51. The predicted molar refractivity (Wildman–Crippen MR) is 97.4 cm³/mol. The average Bonchev–Trinajstić information content (AvgIpc) is 2.65. The molecule has 0 bridgehead atoms. The summed E-state index contributed by atoms with van der Waals surface area (Å²) in [5.41, 5.74) is 4.36. The lowest BCUT2D eigenvalue weighted by Gasteiger charge is -2.19. The number of aliphatic hydroxyl groups excluding tert-OH is 2. The van der Waals surface area contributed by atoms with Gasteiger partial charge in [-0.1, -0.05) is 43.8 Å². The van der Waals surface area contributed by atoms with Crippen LogP contribution < -0.4 is 10.8 Å². The van der Waals surface area contributed by atoms with E-state index in [0.717, 1.165) is 16.7 Å². The van der Waals surface area contributed by atoms with Gasteiger partial charge < -0.3 is 15.5 Å². The third-order valence-corrected chi connectivity index (χ3v) is 3.78. The van der Waals surface area contributed by atoms with Gasteiger partial charge in [-0.25, -0.2) is 5.48 Å². The molecule has 7 heteroatoms. The van der Waals surface area contributed by atoms with Gasteiger partial charge in [-0.15, -0.1) is 0 Å². The van der Waals surface area contributed by atoms with Gasteiger partial charge in [-0.3, -0.25) is 14.8 Å². The quantitative estimate of drug-likeness (QED) is 0.395. The fraction of sp³-hybridized carbons (Fsp3) is 0.263. The molecule has 26 heavy (non-hydrogen) atoms. The van der Waals surface area contributed by atoms with Gasteiger partial charge in [0.1, 0.15) is 6.04 Å². The van der Waals surface area contributed by atoms with Crippen LogP contribution in [-0.2, 0) is 11.4 Å². The van der Waals surface area contributed by atoms with Gasteiger partial charge in [0.05, 0.1) is 12.7 Å². The van der Waals surface area contributed by atoms with Gasteiger partial charge in [-0.05, 0) is 35.7 Å². The molecular formula is C19H24N2O5. The minimum atomic E-state index is -1.26. The van der Waals surface area contributed by atoms with Crippen LogP contribution in [0.3, 0.4) is 0 Å². The van der Waals surface area contributed by atoms with Crippen LogP contribution in [0.1, 0.15) is 30.3 Å². The van der Waals surface area contributed by atoms with Crippen molar-refractivity contribution in [2.24, 2.45) is 0 Å². The lowest BCUT2D eigenvalue weighted by atomic mass is 10.0. The van der Waals surface area contributed by atoms with Gasteiger partial charge in [0.15, 0.2) is 0 Å².